The molecule has 0 N–H and O–H groups in total. The van der Waals surface area contributed by atoms with Crippen molar-refractivity contribution in [3.8, 4) is 0 Å². The van der Waals surface area contributed by atoms with E-state index in [2.05, 4.69) is 11.9 Å². The normalized spacial score (nSPS) is 10.8. The number of hydrogen-bond donors (Lipinski definition) is 0. The lowest BCUT2D eigenvalue weighted by atomic mass is 10.1. The third-order valence-electron chi connectivity index (χ3n) is 1.89. The number of pyridine rings is 1. The second-order valence-electron chi connectivity index (χ2n) is 2.99. The van der Waals surface area contributed by atoms with Gasteiger partial charge in [-0.25, -0.2) is 8.78 Å². The molecule has 0 saturated carbocycles. The van der Waals surface area contributed by atoms with E-state index in [0.717, 1.165) is 25.0 Å². The molecule has 1 aromatic rings. The second kappa shape index (κ2) is 4.90. The van der Waals surface area contributed by atoms with E-state index in [-0.39, 0.29) is 5.56 Å². The third kappa shape index (κ3) is 3.09. The van der Waals surface area contributed by atoms with Crippen LogP contribution in [0.4, 0.5) is 8.78 Å². The van der Waals surface area contributed by atoms with Crippen LogP contribution in [-0.2, 0) is 6.42 Å². The van der Waals surface area contributed by atoms with Crippen LogP contribution in [0.5, 0.6) is 0 Å². The number of halogens is 2. The van der Waals surface area contributed by atoms with Crippen molar-refractivity contribution in [2.24, 2.45) is 0 Å². The van der Waals surface area contributed by atoms with Gasteiger partial charge in [-0.2, -0.15) is 0 Å². The molecular formula is C10H13F2N. The summed E-state index contributed by atoms with van der Waals surface area (Å²) < 4.78 is 24.2. The fourth-order valence-electron chi connectivity index (χ4n) is 1.07. The van der Waals surface area contributed by atoms with Gasteiger partial charge in [0.15, 0.2) is 0 Å². The summed E-state index contributed by atoms with van der Waals surface area (Å²) >= 11 is 0. The predicted octanol–water partition coefficient (Wildman–Crippen LogP) is 3.36. The minimum atomic E-state index is -2.41. The second-order valence-corrected chi connectivity index (χ2v) is 2.99. The number of aromatic nitrogens is 1. The molecule has 0 amide bonds. The number of hydrogen-bond acceptors (Lipinski definition) is 1. The Morgan fingerprint density at radius 2 is 2.15 bits per heavy atom. The Morgan fingerprint density at radius 3 is 2.62 bits per heavy atom. The van der Waals surface area contributed by atoms with Gasteiger partial charge < -0.3 is 0 Å². The maximum Gasteiger partial charge on any atom is 0.265 e. The van der Waals surface area contributed by atoms with E-state index < -0.39 is 6.43 Å². The van der Waals surface area contributed by atoms with Gasteiger partial charge in [0, 0.05) is 17.5 Å². The van der Waals surface area contributed by atoms with E-state index in [1.54, 1.807) is 6.07 Å². The van der Waals surface area contributed by atoms with Gasteiger partial charge in [-0.1, -0.05) is 13.3 Å². The van der Waals surface area contributed by atoms with Crippen molar-refractivity contribution < 1.29 is 8.78 Å². The molecule has 1 heterocycles. The molecule has 0 bridgehead atoms. The first-order chi connectivity index (χ1) is 6.24. The lowest BCUT2D eigenvalue weighted by Gasteiger charge is -2.01. The van der Waals surface area contributed by atoms with Gasteiger partial charge in [-0.15, -0.1) is 0 Å². The van der Waals surface area contributed by atoms with Crippen LogP contribution < -0.4 is 0 Å². The van der Waals surface area contributed by atoms with Crippen LogP contribution >= 0.6 is 0 Å². The van der Waals surface area contributed by atoms with Crippen molar-refractivity contribution in [3.05, 3.63) is 29.6 Å². The summed E-state index contributed by atoms with van der Waals surface area (Å²) in [4.78, 5) is 3.96. The topological polar surface area (TPSA) is 12.9 Å². The first-order valence-corrected chi connectivity index (χ1v) is 4.47. The molecule has 0 aliphatic carbocycles. The smallest absolute Gasteiger partial charge is 0.261 e. The zero-order valence-electron chi connectivity index (χ0n) is 7.63. The van der Waals surface area contributed by atoms with Crippen molar-refractivity contribution in [3.63, 3.8) is 0 Å². The largest absolute Gasteiger partial charge is 0.265 e. The molecule has 3 heteroatoms. The van der Waals surface area contributed by atoms with Crippen LogP contribution in [0.15, 0.2) is 18.3 Å². The molecule has 0 saturated heterocycles. The number of unbranched alkanes of at least 4 members (excludes halogenated alkanes) is 1. The summed E-state index contributed by atoms with van der Waals surface area (Å²) in [6, 6.07) is 3.12. The molecule has 0 spiro atoms. The van der Waals surface area contributed by atoms with Crippen molar-refractivity contribution in [2.45, 2.75) is 32.6 Å². The van der Waals surface area contributed by atoms with E-state index in [0.29, 0.717) is 0 Å². The minimum Gasteiger partial charge on any atom is -0.261 e. The molecule has 1 rings (SSSR count). The SMILES string of the molecule is CCCCc1ccc(C(F)F)cn1. The van der Waals surface area contributed by atoms with Crippen molar-refractivity contribution >= 4 is 0 Å². The monoisotopic (exact) mass is 185 g/mol. The molecule has 0 fully saturated rings. The molecule has 0 aromatic carbocycles. The van der Waals surface area contributed by atoms with Crippen molar-refractivity contribution in [1.82, 2.24) is 4.98 Å². The lowest BCUT2D eigenvalue weighted by molar-refractivity contribution is 0.151. The third-order valence-corrected chi connectivity index (χ3v) is 1.89. The Bertz CT molecular complexity index is 244. The summed E-state index contributed by atoms with van der Waals surface area (Å²) in [5.41, 5.74) is 0.895. The molecule has 0 aliphatic rings. The number of nitrogens with zero attached hydrogens (tertiary/aromatic N) is 1. The number of rotatable bonds is 4. The molecule has 0 atom stereocenters. The lowest BCUT2D eigenvalue weighted by Crippen LogP contribution is -1.92. The van der Waals surface area contributed by atoms with Gasteiger partial charge in [0.2, 0.25) is 0 Å². The summed E-state index contributed by atoms with van der Waals surface area (Å²) in [6.45, 7) is 2.09. The van der Waals surface area contributed by atoms with Crippen molar-refractivity contribution in [1.29, 1.82) is 0 Å². The average Bonchev–Trinajstić information content (AvgIpc) is 2.15. The van der Waals surface area contributed by atoms with E-state index in [4.69, 9.17) is 0 Å². The van der Waals surface area contributed by atoms with Gasteiger partial charge in [0.1, 0.15) is 0 Å². The van der Waals surface area contributed by atoms with E-state index >= 15 is 0 Å². The maximum absolute atomic E-state index is 12.1. The molecule has 0 radical (unpaired) electrons. The quantitative estimate of drug-likeness (QED) is 0.700. The molecule has 72 valence electrons. The first-order valence-electron chi connectivity index (χ1n) is 4.47. The first kappa shape index (κ1) is 10.1. The molecule has 1 aromatic heterocycles. The van der Waals surface area contributed by atoms with Crippen LogP contribution in [0.2, 0.25) is 0 Å². The van der Waals surface area contributed by atoms with E-state index in [9.17, 15) is 8.78 Å². The highest BCUT2D eigenvalue weighted by Crippen LogP contribution is 2.17. The van der Waals surface area contributed by atoms with E-state index in [1.165, 1.54) is 12.3 Å². The van der Waals surface area contributed by atoms with Crippen LogP contribution in [0.1, 0.15) is 37.4 Å². The van der Waals surface area contributed by atoms with Crippen LogP contribution in [0, 0.1) is 0 Å². The maximum atomic E-state index is 12.1. The highest BCUT2D eigenvalue weighted by atomic mass is 19.3. The van der Waals surface area contributed by atoms with Gasteiger partial charge >= 0.3 is 0 Å². The summed E-state index contributed by atoms with van der Waals surface area (Å²) in [5, 5.41) is 0. The predicted molar refractivity (Wildman–Crippen MR) is 47.8 cm³/mol. The number of aryl methyl sites for hydroxylation is 1. The van der Waals surface area contributed by atoms with Crippen LogP contribution in [0.3, 0.4) is 0 Å². The van der Waals surface area contributed by atoms with Crippen LogP contribution in [-0.4, -0.2) is 4.98 Å². The molecule has 0 aliphatic heterocycles. The zero-order chi connectivity index (χ0) is 9.68. The highest BCUT2D eigenvalue weighted by Gasteiger charge is 2.06. The van der Waals surface area contributed by atoms with Gasteiger partial charge in [0.25, 0.3) is 6.43 Å². The minimum absolute atomic E-state index is 0.000230. The molecule has 13 heavy (non-hydrogen) atoms. The Balaban J connectivity index is 2.59. The van der Waals surface area contributed by atoms with Crippen molar-refractivity contribution in [2.75, 3.05) is 0 Å². The molecule has 0 unspecified atom stereocenters. The standard InChI is InChI=1S/C10H13F2N/c1-2-3-4-9-6-5-8(7-13-9)10(11)12/h5-7,10H,2-4H2,1H3. The summed E-state index contributed by atoms with van der Waals surface area (Å²) in [7, 11) is 0. The average molecular weight is 185 g/mol. The Labute approximate surface area is 76.8 Å². The van der Waals surface area contributed by atoms with Gasteiger partial charge in [-0.05, 0) is 25.0 Å². The molecule has 1 nitrogen and oxygen atoms in total. The zero-order valence-corrected chi connectivity index (χ0v) is 7.63. The summed E-state index contributed by atoms with van der Waals surface area (Å²) in [5.74, 6) is 0. The number of alkyl halides is 2. The van der Waals surface area contributed by atoms with Gasteiger partial charge in [0.05, 0.1) is 0 Å². The Hall–Kier alpha value is -0.990. The van der Waals surface area contributed by atoms with Gasteiger partial charge in [-0.3, -0.25) is 4.98 Å². The Kier molecular flexibility index (Phi) is 3.80. The molecular weight excluding hydrogens is 172 g/mol. The Morgan fingerprint density at radius 1 is 1.38 bits per heavy atom. The summed E-state index contributed by atoms with van der Waals surface area (Å²) in [6.07, 6.45) is 1.88. The van der Waals surface area contributed by atoms with Crippen LogP contribution in [0.25, 0.3) is 0 Å². The highest BCUT2D eigenvalue weighted by molar-refractivity contribution is 5.15. The fourth-order valence-corrected chi connectivity index (χ4v) is 1.07. The fraction of sp³-hybridized carbons (Fsp3) is 0.500. The van der Waals surface area contributed by atoms with E-state index in [1.807, 2.05) is 0 Å².